The van der Waals surface area contributed by atoms with E-state index < -0.39 is 8.07 Å². The fraction of sp³-hybridized carbons (Fsp3) is 0.286. The second-order valence-electron chi connectivity index (χ2n) is 5.36. The molecular formula is C14H16O3Si. The highest BCUT2D eigenvalue weighted by atomic mass is 28.3. The first-order valence-electron chi connectivity index (χ1n) is 5.85. The number of para-hydroxylation sites is 1. The van der Waals surface area contributed by atoms with Crippen LogP contribution in [0.1, 0.15) is 0 Å². The van der Waals surface area contributed by atoms with Crippen LogP contribution >= 0.6 is 0 Å². The minimum Gasteiger partial charge on any atom is -0.496 e. The van der Waals surface area contributed by atoms with Gasteiger partial charge in [0.1, 0.15) is 5.75 Å². The Hall–Kier alpha value is -1.68. The largest absolute Gasteiger partial charge is 0.496 e. The molecule has 94 valence electrons. The average molecular weight is 260 g/mol. The molecule has 0 aliphatic rings. The number of hydrogen-bond acceptors (Lipinski definition) is 3. The van der Waals surface area contributed by atoms with Crippen molar-refractivity contribution in [1.82, 2.24) is 0 Å². The molecule has 0 aliphatic carbocycles. The Kier molecular flexibility index (Phi) is 2.98. The van der Waals surface area contributed by atoms with Crippen molar-refractivity contribution in [2.24, 2.45) is 0 Å². The molecule has 2 rings (SSSR count). The van der Waals surface area contributed by atoms with E-state index in [0.29, 0.717) is 11.3 Å². The van der Waals surface area contributed by atoms with E-state index in [-0.39, 0.29) is 10.9 Å². The third kappa shape index (κ3) is 1.82. The monoisotopic (exact) mass is 260 g/mol. The van der Waals surface area contributed by atoms with E-state index in [0.717, 1.165) is 10.8 Å². The molecule has 2 aromatic carbocycles. The van der Waals surface area contributed by atoms with Gasteiger partial charge in [-0.2, -0.15) is 0 Å². The van der Waals surface area contributed by atoms with E-state index >= 15 is 0 Å². The lowest BCUT2D eigenvalue weighted by molar-refractivity contribution is 0.416. The van der Waals surface area contributed by atoms with Gasteiger partial charge in [0.25, 0.3) is 0 Å². The molecule has 4 heteroatoms. The molecule has 0 saturated carbocycles. The summed E-state index contributed by atoms with van der Waals surface area (Å²) in [6, 6.07) is 7.34. The van der Waals surface area contributed by atoms with Gasteiger partial charge in [0.2, 0.25) is 10.9 Å². The van der Waals surface area contributed by atoms with Gasteiger partial charge in [-0.3, -0.25) is 9.59 Å². The highest BCUT2D eigenvalue weighted by Gasteiger charge is 2.33. The van der Waals surface area contributed by atoms with Crippen LogP contribution in [0.5, 0.6) is 5.75 Å². The van der Waals surface area contributed by atoms with E-state index in [1.165, 1.54) is 0 Å². The van der Waals surface area contributed by atoms with E-state index in [2.05, 4.69) is 19.6 Å². The molecule has 0 fully saturated rings. The Bertz CT molecular complexity index is 658. The molecule has 0 amide bonds. The summed E-state index contributed by atoms with van der Waals surface area (Å²) in [5.74, 6) is 0.643. The van der Waals surface area contributed by atoms with Crippen LogP contribution < -0.4 is 20.8 Å². The van der Waals surface area contributed by atoms with Gasteiger partial charge in [0, 0.05) is 16.3 Å². The van der Waals surface area contributed by atoms with Crippen LogP contribution in [0.15, 0.2) is 33.9 Å². The normalized spacial score (nSPS) is 11.8. The zero-order chi connectivity index (χ0) is 13.5. The maximum absolute atomic E-state index is 11.8. The molecular weight excluding hydrogens is 244 g/mol. The van der Waals surface area contributed by atoms with Crippen LogP contribution in [0.25, 0.3) is 11.1 Å². The first kappa shape index (κ1) is 12.8. The molecule has 0 atom stereocenters. The zero-order valence-corrected chi connectivity index (χ0v) is 12.0. The third-order valence-electron chi connectivity index (χ3n) is 3.04. The Labute approximate surface area is 107 Å². The molecule has 0 saturated heterocycles. The van der Waals surface area contributed by atoms with Gasteiger partial charge in [-0.25, -0.2) is 0 Å². The van der Waals surface area contributed by atoms with Crippen LogP contribution in [0.4, 0.5) is 0 Å². The van der Waals surface area contributed by atoms with Crippen molar-refractivity contribution in [2.75, 3.05) is 7.11 Å². The molecule has 0 radical (unpaired) electrons. The molecule has 0 bridgehead atoms. The first-order chi connectivity index (χ1) is 8.38. The highest BCUT2D eigenvalue weighted by Crippen LogP contribution is 2.27. The fourth-order valence-electron chi connectivity index (χ4n) is 2.22. The molecule has 3 nitrogen and oxygen atoms in total. The lowest BCUT2D eigenvalue weighted by Crippen LogP contribution is -2.60. The summed E-state index contributed by atoms with van der Waals surface area (Å²) in [6.07, 6.45) is 0. The second-order valence-corrected chi connectivity index (χ2v) is 10.4. The van der Waals surface area contributed by atoms with Crippen molar-refractivity contribution < 1.29 is 4.74 Å². The summed E-state index contributed by atoms with van der Waals surface area (Å²) in [5.41, 5.74) is 0.616. The SMILES string of the molecule is COc1ccccc1-c1c([Si](C)(C)C)c(=O)c1=O. The average Bonchev–Trinajstić information content (AvgIpc) is 2.33. The summed E-state index contributed by atoms with van der Waals surface area (Å²) >= 11 is 0. The predicted molar refractivity (Wildman–Crippen MR) is 76.3 cm³/mol. The van der Waals surface area contributed by atoms with E-state index in [4.69, 9.17) is 4.74 Å². The van der Waals surface area contributed by atoms with E-state index in [1.54, 1.807) is 13.2 Å². The molecule has 18 heavy (non-hydrogen) atoms. The Morgan fingerprint density at radius 1 is 1.00 bits per heavy atom. The number of rotatable bonds is 3. The zero-order valence-electron chi connectivity index (χ0n) is 11.0. The van der Waals surface area contributed by atoms with Gasteiger partial charge in [-0.15, -0.1) is 0 Å². The minimum absolute atomic E-state index is 0.310. The van der Waals surface area contributed by atoms with Crippen molar-refractivity contribution in [3.8, 4) is 16.9 Å². The van der Waals surface area contributed by atoms with Crippen LogP contribution in [0, 0.1) is 0 Å². The van der Waals surface area contributed by atoms with Gasteiger partial charge >= 0.3 is 0 Å². The van der Waals surface area contributed by atoms with Crippen molar-refractivity contribution in [3.63, 3.8) is 0 Å². The molecule has 0 unspecified atom stereocenters. The number of ether oxygens (including phenoxy) is 1. The maximum atomic E-state index is 11.8. The van der Waals surface area contributed by atoms with Crippen LogP contribution in [-0.2, 0) is 0 Å². The summed E-state index contributed by atoms with van der Waals surface area (Å²) in [6.45, 7) is 6.21. The summed E-state index contributed by atoms with van der Waals surface area (Å²) < 4.78 is 5.26. The predicted octanol–water partition coefficient (Wildman–Crippen LogP) is 1.50. The molecule has 0 heterocycles. The van der Waals surface area contributed by atoms with Crippen LogP contribution in [0.3, 0.4) is 0 Å². The Morgan fingerprint density at radius 3 is 2.17 bits per heavy atom. The fourth-order valence-corrected chi connectivity index (χ4v) is 4.01. The van der Waals surface area contributed by atoms with Crippen molar-refractivity contribution in [2.45, 2.75) is 19.6 Å². The first-order valence-corrected chi connectivity index (χ1v) is 9.35. The van der Waals surface area contributed by atoms with Gasteiger partial charge in [0.05, 0.1) is 15.2 Å². The van der Waals surface area contributed by atoms with Crippen molar-refractivity contribution >= 4 is 13.3 Å². The van der Waals surface area contributed by atoms with Crippen molar-refractivity contribution in [3.05, 3.63) is 44.7 Å². The topological polar surface area (TPSA) is 43.4 Å². The smallest absolute Gasteiger partial charge is 0.233 e. The van der Waals surface area contributed by atoms with Gasteiger partial charge in [-0.1, -0.05) is 37.8 Å². The Balaban J connectivity index is 2.71. The van der Waals surface area contributed by atoms with Gasteiger partial charge in [-0.05, 0) is 6.07 Å². The van der Waals surface area contributed by atoms with Crippen LogP contribution in [0.2, 0.25) is 19.6 Å². The summed E-state index contributed by atoms with van der Waals surface area (Å²) in [5, 5.41) is 0.733. The Morgan fingerprint density at radius 2 is 1.61 bits per heavy atom. The number of methoxy groups -OCH3 is 1. The van der Waals surface area contributed by atoms with Crippen LogP contribution in [-0.4, -0.2) is 15.2 Å². The molecule has 0 spiro atoms. The molecule has 2 aromatic rings. The minimum atomic E-state index is -1.81. The maximum Gasteiger partial charge on any atom is 0.233 e. The summed E-state index contributed by atoms with van der Waals surface area (Å²) in [4.78, 5) is 23.6. The van der Waals surface area contributed by atoms with Gasteiger partial charge in [0.15, 0.2) is 0 Å². The summed E-state index contributed by atoms with van der Waals surface area (Å²) in [7, 11) is -0.239. The third-order valence-corrected chi connectivity index (χ3v) is 5.01. The molecule has 0 N–H and O–H groups in total. The molecule has 0 aromatic heterocycles. The standard InChI is InChI=1S/C14H16O3Si/c1-17-10-8-6-5-7-9(10)11-12(15)13(16)14(11)18(2,3)4/h5-8H,1-4H3. The van der Waals surface area contributed by atoms with E-state index in [1.807, 2.05) is 18.2 Å². The van der Waals surface area contributed by atoms with Gasteiger partial charge < -0.3 is 4.74 Å². The number of benzene rings is 1. The lowest BCUT2D eigenvalue weighted by atomic mass is 10.0. The lowest BCUT2D eigenvalue weighted by Gasteiger charge is -2.22. The number of hydrogen-bond donors (Lipinski definition) is 0. The van der Waals surface area contributed by atoms with Crippen molar-refractivity contribution in [1.29, 1.82) is 0 Å². The highest BCUT2D eigenvalue weighted by molar-refractivity contribution is 6.90. The quantitative estimate of drug-likeness (QED) is 0.620. The molecule has 0 aliphatic heterocycles. The second kappa shape index (κ2) is 4.21. The van der Waals surface area contributed by atoms with E-state index in [9.17, 15) is 9.59 Å².